The second-order valence-corrected chi connectivity index (χ2v) is 10.5. The minimum Gasteiger partial charge on any atom is -0.348 e. The molecule has 0 aliphatic carbocycles. The Kier molecular flexibility index (Phi) is 7.65. The molecule has 34 heavy (non-hydrogen) atoms. The number of amides is 1. The van der Waals surface area contributed by atoms with Gasteiger partial charge in [0.1, 0.15) is 0 Å². The summed E-state index contributed by atoms with van der Waals surface area (Å²) in [7, 11) is -3.73. The van der Waals surface area contributed by atoms with E-state index in [0.717, 1.165) is 30.8 Å². The normalized spacial score (nSPS) is 14.5. The van der Waals surface area contributed by atoms with E-state index in [1.165, 1.54) is 24.8 Å². The molecule has 6 nitrogen and oxygen atoms in total. The van der Waals surface area contributed by atoms with Gasteiger partial charge < -0.3 is 5.32 Å². The summed E-state index contributed by atoms with van der Waals surface area (Å²) in [6, 6.07) is 21.5. The first-order valence-electron chi connectivity index (χ1n) is 11.7. The summed E-state index contributed by atoms with van der Waals surface area (Å²) in [6.07, 6.45) is 3.84. The number of rotatable bonds is 8. The Morgan fingerprint density at radius 3 is 2.35 bits per heavy atom. The Morgan fingerprint density at radius 2 is 1.59 bits per heavy atom. The highest BCUT2D eigenvalue weighted by atomic mass is 32.2. The van der Waals surface area contributed by atoms with Gasteiger partial charge in [-0.15, -0.1) is 0 Å². The van der Waals surface area contributed by atoms with Crippen LogP contribution in [0.5, 0.6) is 0 Å². The van der Waals surface area contributed by atoms with Crippen LogP contribution in [0.3, 0.4) is 0 Å². The molecule has 1 heterocycles. The van der Waals surface area contributed by atoms with Gasteiger partial charge in [0.15, 0.2) is 0 Å². The van der Waals surface area contributed by atoms with E-state index in [4.69, 9.17) is 0 Å². The lowest BCUT2D eigenvalue weighted by Crippen LogP contribution is -2.29. The van der Waals surface area contributed by atoms with Gasteiger partial charge in [0.25, 0.3) is 15.9 Å². The monoisotopic (exact) mass is 477 g/mol. The number of aryl methyl sites for hydroxylation is 1. The van der Waals surface area contributed by atoms with Crippen molar-refractivity contribution in [2.45, 2.75) is 44.2 Å². The maximum absolute atomic E-state index is 12.7. The molecule has 4 rings (SSSR count). The molecule has 0 aromatic heterocycles. The Hall–Kier alpha value is -3.16. The molecule has 3 aromatic rings. The number of nitrogens with one attached hydrogen (secondary N) is 2. The fourth-order valence-electron chi connectivity index (χ4n) is 4.15. The molecule has 0 radical (unpaired) electrons. The number of benzene rings is 3. The van der Waals surface area contributed by atoms with E-state index >= 15 is 0 Å². The molecule has 1 amide bonds. The molecule has 3 aromatic carbocycles. The number of anilines is 1. The van der Waals surface area contributed by atoms with Crippen molar-refractivity contribution < 1.29 is 13.2 Å². The fraction of sp³-hybridized carbons (Fsp3) is 0.296. The quantitative estimate of drug-likeness (QED) is 0.492. The van der Waals surface area contributed by atoms with Gasteiger partial charge in [-0.2, -0.15) is 0 Å². The number of piperidine rings is 1. The molecule has 1 fully saturated rings. The maximum Gasteiger partial charge on any atom is 0.261 e. The van der Waals surface area contributed by atoms with Gasteiger partial charge in [-0.3, -0.25) is 14.4 Å². The van der Waals surface area contributed by atoms with Crippen LogP contribution >= 0.6 is 0 Å². The van der Waals surface area contributed by atoms with Gasteiger partial charge in [0.05, 0.1) is 4.90 Å². The first-order chi connectivity index (χ1) is 16.4. The van der Waals surface area contributed by atoms with E-state index < -0.39 is 10.0 Å². The van der Waals surface area contributed by atoms with E-state index in [0.29, 0.717) is 17.8 Å². The van der Waals surface area contributed by atoms with Crippen molar-refractivity contribution in [3.63, 3.8) is 0 Å². The first-order valence-corrected chi connectivity index (χ1v) is 13.2. The van der Waals surface area contributed by atoms with E-state index in [2.05, 4.69) is 27.1 Å². The highest BCUT2D eigenvalue weighted by Crippen LogP contribution is 2.18. The highest BCUT2D eigenvalue weighted by Gasteiger charge is 2.15. The third-order valence-corrected chi connectivity index (χ3v) is 7.40. The Bertz CT molecular complexity index is 1230. The minimum absolute atomic E-state index is 0.178. The topological polar surface area (TPSA) is 78.5 Å². The summed E-state index contributed by atoms with van der Waals surface area (Å²) < 4.78 is 27.9. The summed E-state index contributed by atoms with van der Waals surface area (Å²) in [6.45, 7) is 5.53. The van der Waals surface area contributed by atoms with Crippen molar-refractivity contribution in [3.8, 4) is 0 Å². The van der Waals surface area contributed by atoms with Crippen LogP contribution in [0.2, 0.25) is 0 Å². The summed E-state index contributed by atoms with van der Waals surface area (Å²) in [5.41, 5.74) is 4.01. The molecule has 1 aliphatic heterocycles. The van der Waals surface area contributed by atoms with E-state index in [1.807, 2.05) is 19.1 Å². The van der Waals surface area contributed by atoms with Gasteiger partial charge in [0.2, 0.25) is 0 Å². The Balaban J connectivity index is 1.37. The number of sulfonamides is 1. The van der Waals surface area contributed by atoms with Crippen LogP contribution < -0.4 is 10.0 Å². The lowest BCUT2D eigenvalue weighted by Gasteiger charge is -2.26. The van der Waals surface area contributed by atoms with Crippen LogP contribution in [0.15, 0.2) is 77.7 Å². The number of carbonyl (C=O) groups excluding carboxylic acids is 1. The summed E-state index contributed by atoms with van der Waals surface area (Å²) in [5, 5.41) is 2.94. The largest absolute Gasteiger partial charge is 0.348 e. The lowest BCUT2D eigenvalue weighted by molar-refractivity contribution is 0.0951. The smallest absolute Gasteiger partial charge is 0.261 e. The average molecular weight is 478 g/mol. The van der Waals surface area contributed by atoms with Crippen LogP contribution in [0.1, 0.15) is 46.3 Å². The number of carbonyl (C=O) groups is 1. The van der Waals surface area contributed by atoms with Crippen LogP contribution in [-0.4, -0.2) is 32.3 Å². The van der Waals surface area contributed by atoms with Crippen molar-refractivity contribution in [1.29, 1.82) is 0 Å². The van der Waals surface area contributed by atoms with Crippen LogP contribution in [0.25, 0.3) is 0 Å². The van der Waals surface area contributed by atoms with Crippen molar-refractivity contribution in [2.24, 2.45) is 0 Å². The standard InChI is InChI=1S/C27H31N3O3S/c1-21-11-13-26(14-12-21)34(32,33)29-25-10-6-9-24(18-25)27(31)28-19-22-7-5-8-23(17-22)20-30-15-3-2-4-16-30/h5-14,17-18,29H,2-4,15-16,19-20H2,1H3,(H,28,31). The number of hydrogen-bond acceptors (Lipinski definition) is 4. The molecular weight excluding hydrogens is 446 g/mol. The molecule has 2 N–H and O–H groups in total. The minimum atomic E-state index is -3.73. The number of hydrogen-bond donors (Lipinski definition) is 2. The zero-order valence-corrected chi connectivity index (χ0v) is 20.3. The fourth-order valence-corrected chi connectivity index (χ4v) is 5.20. The molecule has 1 saturated heterocycles. The first kappa shape index (κ1) is 24.0. The van der Waals surface area contributed by atoms with Gasteiger partial charge in [-0.1, -0.05) is 54.4 Å². The third-order valence-electron chi connectivity index (χ3n) is 6.01. The molecule has 178 valence electrons. The maximum atomic E-state index is 12.7. The molecule has 0 unspecified atom stereocenters. The summed E-state index contributed by atoms with van der Waals surface area (Å²) in [5.74, 6) is -0.252. The van der Waals surface area contributed by atoms with Gasteiger partial charge in [0, 0.05) is 24.3 Å². The van der Waals surface area contributed by atoms with E-state index in [1.54, 1.807) is 48.5 Å². The molecule has 0 spiro atoms. The van der Waals surface area contributed by atoms with E-state index in [9.17, 15) is 13.2 Å². The number of likely N-dealkylation sites (tertiary alicyclic amines) is 1. The predicted molar refractivity (Wildman–Crippen MR) is 135 cm³/mol. The van der Waals surface area contributed by atoms with E-state index in [-0.39, 0.29) is 10.8 Å². The summed E-state index contributed by atoms with van der Waals surface area (Å²) in [4.78, 5) is 15.4. The Morgan fingerprint density at radius 1 is 0.882 bits per heavy atom. The highest BCUT2D eigenvalue weighted by molar-refractivity contribution is 7.92. The molecular formula is C27H31N3O3S. The third kappa shape index (κ3) is 6.46. The second kappa shape index (κ2) is 10.8. The van der Waals surface area contributed by atoms with Crippen LogP contribution in [-0.2, 0) is 23.1 Å². The average Bonchev–Trinajstić information content (AvgIpc) is 2.83. The van der Waals surface area contributed by atoms with Gasteiger partial charge >= 0.3 is 0 Å². The number of nitrogens with zero attached hydrogens (tertiary/aromatic N) is 1. The van der Waals surface area contributed by atoms with Crippen molar-refractivity contribution in [1.82, 2.24) is 10.2 Å². The van der Waals surface area contributed by atoms with Crippen molar-refractivity contribution >= 4 is 21.6 Å². The SMILES string of the molecule is Cc1ccc(S(=O)(=O)Nc2cccc(C(=O)NCc3cccc(CN4CCCCC4)c3)c2)cc1. The molecule has 0 bridgehead atoms. The predicted octanol–water partition coefficient (Wildman–Crippen LogP) is 4.71. The molecule has 1 aliphatic rings. The zero-order chi connectivity index (χ0) is 24.0. The molecule has 0 saturated carbocycles. The molecule has 0 atom stereocenters. The van der Waals surface area contributed by atoms with Gasteiger partial charge in [-0.05, 0) is 74.3 Å². The van der Waals surface area contributed by atoms with Gasteiger partial charge in [-0.25, -0.2) is 8.42 Å². The van der Waals surface area contributed by atoms with Crippen LogP contribution in [0.4, 0.5) is 5.69 Å². The van der Waals surface area contributed by atoms with Crippen molar-refractivity contribution in [3.05, 3.63) is 95.1 Å². The second-order valence-electron chi connectivity index (χ2n) is 8.84. The van der Waals surface area contributed by atoms with Crippen LogP contribution in [0, 0.1) is 6.92 Å². The van der Waals surface area contributed by atoms with Crippen molar-refractivity contribution in [2.75, 3.05) is 17.8 Å². The Labute approximate surface area is 202 Å². The lowest BCUT2D eigenvalue weighted by atomic mass is 10.1. The summed E-state index contributed by atoms with van der Waals surface area (Å²) >= 11 is 0. The molecule has 7 heteroatoms. The zero-order valence-electron chi connectivity index (χ0n) is 19.5.